The lowest BCUT2D eigenvalue weighted by Crippen LogP contribution is -2.18. The van der Waals surface area contributed by atoms with Crippen molar-refractivity contribution in [2.45, 2.75) is 53.9 Å². The summed E-state index contributed by atoms with van der Waals surface area (Å²) < 4.78 is 0. The van der Waals surface area contributed by atoms with Crippen molar-refractivity contribution in [1.82, 2.24) is 0 Å². The van der Waals surface area contributed by atoms with Crippen LogP contribution in [0.4, 0.5) is 0 Å². The summed E-state index contributed by atoms with van der Waals surface area (Å²) in [6, 6.07) is 0. The van der Waals surface area contributed by atoms with Crippen molar-refractivity contribution in [2.75, 3.05) is 0 Å². The van der Waals surface area contributed by atoms with Crippen molar-refractivity contribution in [3.63, 3.8) is 0 Å². The molecule has 0 heterocycles. The van der Waals surface area contributed by atoms with Crippen molar-refractivity contribution >= 4 is 0 Å². The smallest absolute Gasteiger partial charge is 0.0300 e. The van der Waals surface area contributed by atoms with E-state index >= 15 is 0 Å². The zero-order valence-electron chi connectivity index (χ0n) is 9.35. The van der Waals surface area contributed by atoms with Crippen molar-refractivity contribution in [3.8, 4) is 0 Å². The molecule has 0 spiro atoms. The first-order chi connectivity index (χ1) is 5.49. The van der Waals surface area contributed by atoms with Gasteiger partial charge < -0.3 is 0 Å². The molecule has 0 N–H and O–H groups in total. The molecular weight excluding hydrogens is 144 g/mol. The minimum atomic E-state index is 0.648. The third-order valence-electron chi connectivity index (χ3n) is 4.33. The Morgan fingerprint density at radius 1 is 1.42 bits per heavy atom. The van der Waals surface area contributed by atoms with Crippen LogP contribution < -0.4 is 0 Å². The van der Waals surface area contributed by atoms with E-state index in [1.807, 2.05) is 0 Å². The number of hydrogen-bond acceptors (Lipinski definition) is 0. The van der Waals surface area contributed by atoms with Gasteiger partial charge in [-0.25, -0.2) is 0 Å². The van der Waals surface area contributed by atoms with Gasteiger partial charge in [0.05, 0.1) is 0 Å². The Morgan fingerprint density at radius 2 is 2.00 bits per heavy atom. The molecule has 0 aromatic carbocycles. The normalized spacial score (nSPS) is 42.5. The fourth-order valence-corrected chi connectivity index (χ4v) is 2.62. The summed E-state index contributed by atoms with van der Waals surface area (Å²) in [7, 11) is 0. The van der Waals surface area contributed by atoms with E-state index < -0.39 is 0 Å². The molecule has 0 radical (unpaired) electrons. The minimum absolute atomic E-state index is 0.648. The van der Waals surface area contributed by atoms with Crippen LogP contribution in [-0.4, -0.2) is 0 Å². The maximum Gasteiger partial charge on any atom is -0.0300 e. The average molecular weight is 168 g/mol. The highest BCUT2D eigenvalue weighted by molar-refractivity contribution is 4.90. The van der Waals surface area contributed by atoms with E-state index in [-0.39, 0.29) is 0 Å². The molecule has 0 bridgehead atoms. The zero-order valence-corrected chi connectivity index (χ0v) is 9.35. The highest BCUT2D eigenvalue weighted by Crippen LogP contribution is 2.50. The van der Waals surface area contributed by atoms with Crippen LogP contribution in [0.1, 0.15) is 53.9 Å². The summed E-state index contributed by atoms with van der Waals surface area (Å²) in [4.78, 5) is 0. The number of hydrogen-bond donors (Lipinski definition) is 0. The second-order valence-corrected chi connectivity index (χ2v) is 5.35. The summed E-state index contributed by atoms with van der Waals surface area (Å²) in [5, 5.41) is 0. The van der Waals surface area contributed by atoms with Gasteiger partial charge in [-0.1, -0.05) is 41.0 Å². The van der Waals surface area contributed by atoms with Gasteiger partial charge in [0.2, 0.25) is 0 Å². The summed E-state index contributed by atoms with van der Waals surface area (Å²) in [5.74, 6) is 2.82. The van der Waals surface area contributed by atoms with E-state index in [1.165, 1.54) is 19.3 Å². The first-order valence-electron chi connectivity index (χ1n) is 5.49. The molecular formula is C12H24. The molecule has 12 heavy (non-hydrogen) atoms. The van der Waals surface area contributed by atoms with E-state index in [0.29, 0.717) is 5.41 Å². The average Bonchev–Trinajstić information content (AvgIpc) is 2.30. The standard InChI is InChI=1S/C12H24/c1-6-12(5)8-11(9(2)3)7-10(12)4/h9-11H,6-8H2,1-5H3. The quantitative estimate of drug-likeness (QED) is 0.582. The monoisotopic (exact) mass is 168 g/mol. The molecule has 0 aromatic rings. The van der Waals surface area contributed by atoms with Gasteiger partial charge in [0.25, 0.3) is 0 Å². The van der Waals surface area contributed by atoms with Crippen LogP contribution in [0.15, 0.2) is 0 Å². The second kappa shape index (κ2) is 3.40. The topological polar surface area (TPSA) is 0 Å². The maximum atomic E-state index is 2.47. The lowest BCUT2D eigenvalue weighted by Gasteiger charge is -2.27. The number of rotatable bonds is 2. The molecule has 1 rings (SSSR count). The van der Waals surface area contributed by atoms with Gasteiger partial charge >= 0.3 is 0 Å². The van der Waals surface area contributed by atoms with E-state index in [2.05, 4.69) is 34.6 Å². The highest BCUT2D eigenvalue weighted by atomic mass is 14.5. The van der Waals surface area contributed by atoms with E-state index in [9.17, 15) is 0 Å². The van der Waals surface area contributed by atoms with Crippen LogP contribution in [0.25, 0.3) is 0 Å². The third kappa shape index (κ3) is 1.67. The highest BCUT2D eigenvalue weighted by Gasteiger charge is 2.40. The van der Waals surface area contributed by atoms with Crippen LogP contribution in [0.5, 0.6) is 0 Å². The van der Waals surface area contributed by atoms with Gasteiger partial charge in [-0.3, -0.25) is 0 Å². The first-order valence-corrected chi connectivity index (χ1v) is 5.49. The van der Waals surface area contributed by atoms with Crippen LogP contribution in [0.3, 0.4) is 0 Å². The summed E-state index contributed by atoms with van der Waals surface area (Å²) in [5.41, 5.74) is 0.648. The summed E-state index contributed by atoms with van der Waals surface area (Å²) in [6.07, 6.45) is 4.28. The predicted octanol–water partition coefficient (Wildman–Crippen LogP) is 4.10. The van der Waals surface area contributed by atoms with Crippen LogP contribution in [-0.2, 0) is 0 Å². The molecule has 0 aliphatic heterocycles. The Labute approximate surface area is 77.7 Å². The Bertz CT molecular complexity index is 148. The molecule has 3 unspecified atom stereocenters. The molecule has 0 heteroatoms. The maximum absolute atomic E-state index is 2.47. The first kappa shape index (κ1) is 10.1. The van der Waals surface area contributed by atoms with E-state index in [1.54, 1.807) is 0 Å². The van der Waals surface area contributed by atoms with Gasteiger partial charge in [0.15, 0.2) is 0 Å². The van der Waals surface area contributed by atoms with Gasteiger partial charge in [0, 0.05) is 0 Å². The van der Waals surface area contributed by atoms with Crippen LogP contribution in [0.2, 0.25) is 0 Å². The van der Waals surface area contributed by atoms with E-state index in [4.69, 9.17) is 0 Å². The molecule has 0 amide bonds. The molecule has 72 valence electrons. The van der Waals surface area contributed by atoms with E-state index in [0.717, 1.165) is 17.8 Å². The molecule has 3 atom stereocenters. The van der Waals surface area contributed by atoms with Crippen molar-refractivity contribution in [2.24, 2.45) is 23.2 Å². The SMILES string of the molecule is CCC1(C)CC(C(C)C)CC1C. The minimum Gasteiger partial charge on any atom is -0.0649 e. The van der Waals surface area contributed by atoms with Crippen LogP contribution >= 0.6 is 0 Å². The van der Waals surface area contributed by atoms with Crippen molar-refractivity contribution in [3.05, 3.63) is 0 Å². The molecule has 1 fully saturated rings. The zero-order chi connectivity index (χ0) is 9.35. The molecule has 0 aromatic heterocycles. The third-order valence-corrected chi connectivity index (χ3v) is 4.33. The van der Waals surface area contributed by atoms with Gasteiger partial charge in [0.1, 0.15) is 0 Å². The Morgan fingerprint density at radius 3 is 2.25 bits per heavy atom. The summed E-state index contributed by atoms with van der Waals surface area (Å²) >= 11 is 0. The Kier molecular flexibility index (Phi) is 2.85. The van der Waals surface area contributed by atoms with Crippen molar-refractivity contribution in [1.29, 1.82) is 0 Å². The fourth-order valence-electron chi connectivity index (χ4n) is 2.62. The Balaban J connectivity index is 2.61. The fraction of sp³-hybridized carbons (Fsp3) is 1.00. The lowest BCUT2D eigenvalue weighted by atomic mass is 9.78. The lowest BCUT2D eigenvalue weighted by molar-refractivity contribution is 0.229. The molecule has 0 nitrogen and oxygen atoms in total. The van der Waals surface area contributed by atoms with Gasteiger partial charge in [-0.2, -0.15) is 0 Å². The van der Waals surface area contributed by atoms with Crippen molar-refractivity contribution < 1.29 is 0 Å². The molecule has 1 aliphatic rings. The van der Waals surface area contributed by atoms with Gasteiger partial charge in [-0.05, 0) is 36.0 Å². The second-order valence-electron chi connectivity index (χ2n) is 5.35. The van der Waals surface area contributed by atoms with Gasteiger partial charge in [-0.15, -0.1) is 0 Å². The van der Waals surface area contributed by atoms with Crippen LogP contribution in [0, 0.1) is 23.2 Å². The predicted molar refractivity (Wildman–Crippen MR) is 55.1 cm³/mol. The molecule has 1 aliphatic carbocycles. The molecule has 1 saturated carbocycles. The largest absolute Gasteiger partial charge is 0.0649 e. The summed E-state index contributed by atoms with van der Waals surface area (Å²) in [6.45, 7) is 12.0. The Hall–Kier alpha value is 0. The molecule has 0 saturated heterocycles.